The highest BCUT2D eigenvalue weighted by molar-refractivity contribution is 6.00. The fraction of sp³-hybridized carbons (Fsp3) is 0.258. The lowest BCUT2D eigenvalue weighted by atomic mass is 9.87. The summed E-state index contributed by atoms with van der Waals surface area (Å²) >= 11 is 0. The molecule has 7 heteroatoms. The standard InChI is InChI=1S/C31H33FN4O2/c1-4-24(22-12-8-7-9-13-22)30(23-15-17-27-26(20-23)31(32)36-35-27)25-16-18-29(34-21(25)2)38-19-11-6-5-10-14-28(37)33-3/h7-10,12-18,20H,4-6,11,19H2,1-3H3,(H,33,37)(H,35,36)/b14-10+,30-24-. The fourth-order valence-corrected chi connectivity index (χ4v) is 4.49. The van der Waals surface area contributed by atoms with Crippen molar-refractivity contribution in [3.8, 4) is 5.88 Å². The van der Waals surface area contributed by atoms with Crippen LogP contribution in [0.25, 0.3) is 22.0 Å². The number of carbonyl (C=O) groups excluding carboxylic acids is 1. The summed E-state index contributed by atoms with van der Waals surface area (Å²) in [5, 5.41) is 9.50. The van der Waals surface area contributed by atoms with Crippen LogP contribution < -0.4 is 10.1 Å². The number of hydrogen-bond acceptors (Lipinski definition) is 4. The Labute approximate surface area is 222 Å². The van der Waals surface area contributed by atoms with Crippen LogP contribution in [0.2, 0.25) is 0 Å². The molecule has 0 aliphatic carbocycles. The van der Waals surface area contributed by atoms with Gasteiger partial charge in [0.05, 0.1) is 17.5 Å². The van der Waals surface area contributed by atoms with Gasteiger partial charge in [-0.15, -0.1) is 0 Å². The summed E-state index contributed by atoms with van der Waals surface area (Å²) in [4.78, 5) is 16.0. The maximum absolute atomic E-state index is 14.4. The van der Waals surface area contributed by atoms with Crippen LogP contribution in [0, 0.1) is 12.9 Å². The van der Waals surface area contributed by atoms with Crippen LogP contribution in [-0.4, -0.2) is 34.7 Å². The zero-order valence-electron chi connectivity index (χ0n) is 22.1. The van der Waals surface area contributed by atoms with Gasteiger partial charge in [-0.2, -0.15) is 9.49 Å². The van der Waals surface area contributed by atoms with Crippen molar-refractivity contribution in [2.24, 2.45) is 0 Å². The fourth-order valence-electron chi connectivity index (χ4n) is 4.49. The number of unbranched alkanes of at least 4 members (excludes halogenated alkanes) is 2. The molecule has 0 spiro atoms. The Kier molecular flexibility index (Phi) is 9.03. The number of aromatic nitrogens is 3. The van der Waals surface area contributed by atoms with Crippen LogP contribution in [0.15, 0.2) is 72.8 Å². The molecule has 0 fully saturated rings. The first-order chi connectivity index (χ1) is 18.5. The molecule has 6 nitrogen and oxygen atoms in total. The number of ether oxygens (including phenoxy) is 1. The second kappa shape index (κ2) is 12.8. The van der Waals surface area contributed by atoms with E-state index in [1.807, 2.05) is 61.5 Å². The number of aryl methyl sites for hydroxylation is 1. The summed E-state index contributed by atoms with van der Waals surface area (Å²) in [5.74, 6) is 0.0324. The van der Waals surface area contributed by atoms with Gasteiger partial charge in [0.15, 0.2) is 0 Å². The molecule has 2 aromatic heterocycles. The first kappa shape index (κ1) is 26.8. The molecule has 0 bridgehead atoms. The van der Waals surface area contributed by atoms with E-state index in [1.165, 1.54) is 0 Å². The topological polar surface area (TPSA) is 79.9 Å². The molecule has 2 heterocycles. The molecule has 0 aliphatic rings. The molecule has 0 radical (unpaired) electrons. The molecule has 196 valence electrons. The summed E-state index contributed by atoms with van der Waals surface area (Å²) in [6.07, 6.45) is 6.80. The highest BCUT2D eigenvalue weighted by Gasteiger charge is 2.18. The van der Waals surface area contributed by atoms with Gasteiger partial charge in [0, 0.05) is 24.4 Å². The summed E-state index contributed by atoms with van der Waals surface area (Å²) in [6.45, 7) is 4.65. The quantitative estimate of drug-likeness (QED) is 0.134. The van der Waals surface area contributed by atoms with Crippen molar-refractivity contribution in [1.82, 2.24) is 20.5 Å². The van der Waals surface area contributed by atoms with Gasteiger partial charge >= 0.3 is 0 Å². The number of nitrogens with zero attached hydrogens (tertiary/aromatic N) is 2. The third kappa shape index (κ3) is 6.35. The van der Waals surface area contributed by atoms with Crippen molar-refractivity contribution in [3.63, 3.8) is 0 Å². The molecule has 38 heavy (non-hydrogen) atoms. The molecule has 2 N–H and O–H groups in total. The Balaban J connectivity index is 1.61. The zero-order valence-corrected chi connectivity index (χ0v) is 22.1. The van der Waals surface area contributed by atoms with Crippen LogP contribution >= 0.6 is 0 Å². The third-order valence-electron chi connectivity index (χ3n) is 6.43. The summed E-state index contributed by atoms with van der Waals surface area (Å²) in [6, 6.07) is 19.9. The number of rotatable bonds is 11. The SMILES string of the molecule is CC/C(=C(\c1ccc2n[nH]c(F)c2c1)c1ccc(OCCCC/C=C/C(=O)NC)nc1C)c1ccccc1. The number of hydrogen-bond donors (Lipinski definition) is 2. The third-order valence-corrected chi connectivity index (χ3v) is 6.43. The van der Waals surface area contributed by atoms with Crippen LogP contribution in [0.4, 0.5) is 4.39 Å². The van der Waals surface area contributed by atoms with E-state index in [2.05, 4.69) is 34.6 Å². The number of fused-ring (bicyclic) bond motifs is 1. The first-order valence-corrected chi connectivity index (χ1v) is 12.9. The second-order valence-electron chi connectivity index (χ2n) is 8.99. The van der Waals surface area contributed by atoms with Crippen molar-refractivity contribution < 1.29 is 13.9 Å². The average Bonchev–Trinajstić information content (AvgIpc) is 3.31. The lowest BCUT2D eigenvalue weighted by molar-refractivity contribution is -0.116. The minimum absolute atomic E-state index is 0.0947. The first-order valence-electron chi connectivity index (χ1n) is 12.9. The van der Waals surface area contributed by atoms with Gasteiger partial charge in [-0.3, -0.25) is 9.89 Å². The zero-order chi connectivity index (χ0) is 26.9. The van der Waals surface area contributed by atoms with Crippen LogP contribution in [0.5, 0.6) is 5.88 Å². The predicted octanol–water partition coefficient (Wildman–Crippen LogP) is 6.63. The van der Waals surface area contributed by atoms with Crippen LogP contribution in [0.1, 0.15) is 55.0 Å². The number of benzene rings is 2. The van der Waals surface area contributed by atoms with Crippen molar-refractivity contribution in [1.29, 1.82) is 0 Å². The Morgan fingerprint density at radius 1 is 1.08 bits per heavy atom. The Morgan fingerprint density at radius 2 is 1.89 bits per heavy atom. The summed E-state index contributed by atoms with van der Waals surface area (Å²) < 4.78 is 20.3. The number of carbonyl (C=O) groups is 1. The van der Waals surface area contributed by atoms with E-state index in [-0.39, 0.29) is 5.91 Å². The molecule has 2 aromatic carbocycles. The molecule has 0 saturated heterocycles. The highest BCUT2D eigenvalue weighted by Crippen LogP contribution is 2.37. The lowest BCUT2D eigenvalue weighted by Gasteiger charge is -2.18. The van der Waals surface area contributed by atoms with E-state index in [9.17, 15) is 9.18 Å². The Morgan fingerprint density at radius 3 is 2.63 bits per heavy atom. The van der Waals surface area contributed by atoms with Crippen molar-refractivity contribution >= 4 is 28.0 Å². The number of pyridine rings is 1. The molecule has 0 atom stereocenters. The van der Waals surface area contributed by atoms with E-state index in [0.717, 1.165) is 59.2 Å². The average molecular weight is 513 g/mol. The van der Waals surface area contributed by atoms with Gasteiger partial charge in [-0.1, -0.05) is 49.4 Å². The van der Waals surface area contributed by atoms with E-state index in [0.29, 0.717) is 23.4 Å². The number of likely N-dealkylation sites (N-methyl/N-ethyl adjacent to an activating group) is 1. The number of aromatic amines is 1. The number of nitrogens with one attached hydrogen (secondary N) is 2. The Bertz CT molecular complexity index is 1460. The minimum atomic E-state index is -0.443. The molecule has 4 aromatic rings. The van der Waals surface area contributed by atoms with Gasteiger partial charge in [0.1, 0.15) is 0 Å². The van der Waals surface area contributed by atoms with E-state index in [4.69, 9.17) is 9.72 Å². The van der Waals surface area contributed by atoms with Crippen molar-refractivity contribution in [2.45, 2.75) is 39.5 Å². The lowest BCUT2D eigenvalue weighted by Crippen LogP contribution is -2.13. The number of amides is 1. The normalized spacial score (nSPS) is 12.1. The van der Waals surface area contributed by atoms with Crippen LogP contribution in [-0.2, 0) is 4.79 Å². The molecule has 0 aliphatic heterocycles. The number of H-pyrrole nitrogens is 1. The van der Waals surface area contributed by atoms with Gasteiger partial charge in [-0.25, -0.2) is 4.98 Å². The van der Waals surface area contributed by atoms with E-state index in [1.54, 1.807) is 13.1 Å². The maximum atomic E-state index is 14.4. The predicted molar refractivity (Wildman–Crippen MR) is 150 cm³/mol. The minimum Gasteiger partial charge on any atom is -0.478 e. The van der Waals surface area contributed by atoms with Gasteiger partial charge < -0.3 is 10.1 Å². The number of allylic oxidation sites excluding steroid dienone is 2. The summed E-state index contributed by atoms with van der Waals surface area (Å²) in [7, 11) is 1.61. The molecular formula is C31H33FN4O2. The number of halogens is 1. The molecule has 4 rings (SSSR count). The largest absolute Gasteiger partial charge is 0.478 e. The summed E-state index contributed by atoms with van der Waals surface area (Å²) in [5.41, 5.74) is 6.58. The maximum Gasteiger partial charge on any atom is 0.243 e. The molecule has 1 amide bonds. The smallest absolute Gasteiger partial charge is 0.243 e. The van der Waals surface area contributed by atoms with Crippen molar-refractivity contribution in [3.05, 3.63) is 101 Å². The van der Waals surface area contributed by atoms with E-state index < -0.39 is 5.95 Å². The van der Waals surface area contributed by atoms with Gasteiger partial charge in [0.25, 0.3) is 0 Å². The highest BCUT2D eigenvalue weighted by atomic mass is 19.1. The Hall–Kier alpha value is -4.26. The van der Waals surface area contributed by atoms with Gasteiger partial charge in [0.2, 0.25) is 17.7 Å². The molecule has 0 unspecified atom stereocenters. The molecular weight excluding hydrogens is 479 g/mol. The monoisotopic (exact) mass is 512 g/mol. The molecule has 0 saturated carbocycles. The second-order valence-corrected chi connectivity index (χ2v) is 8.99. The van der Waals surface area contributed by atoms with E-state index >= 15 is 0 Å². The van der Waals surface area contributed by atoms with Gasteiger partial charge in [-0.05, 0) is 79.2 Å². The van der Waals surface area contributed by atoms with Crippen LogP contribution in [0.3, 0.4) is 0 Å². The van der Waals surface area contributed by atoms with Crippen molar-refractivity contribution in [2.75, 3.05) is 13.7 Å².